The Labute approximate surface area is 103 Å². The van der Waals surface area contributed by atoms with Gasteiger partial charge in [-0.3, -0.25) is 4.79 Å². The molecule has 0 saturated heterocycles. The molecular formula is C14H18OS. The van der Waals surface area contributed by atoms with Crippen molar-refractivity contribution in [3.05, 3.63) is 41.5 Å². The summed E-state index contributed by atoms with van der Waals surface area (Å²) in [5.41, 5.74) is 1.92. The molecule has 2 heteroatoms. The number of ketones is 1. The first-order valence-corrected chi connectivity index (χ1v) is 6.20. The lowest BCUT2D eigenvalue weighted by Gasteiger charge is -2.03. The average molecular weight is 234 g/mol. The van der Waals surface area contributed by atoms with E-state index in [0.29, 0.717) is 0 Å². The molecule has 0 amide bonds. The number of hydrogen-bond donors (Lipinski definition) is 1. The van der Waals surface area contributed by atoms with Crippen molar-refractivity contribution in [1.29, 1.82) is 0 Å². The Morgan fingerprint density at radius 3 is 2.44 bits per heavy atom. The number of hydrogen-bond acceptors (Lipinski definition) is 2. The maximum Gasteiger partial charge on any atom is 0.165 e. The Morgan fingerprint density at radius 1 is 1.31 bits per heavy atom. The fourth-order valence-electron chi connectivity index (χ4n) is 1.39. The summed E-state index contributed by atoms with van der Waals surface area (Å²) in [5.74, 6) is 1.12. The van der Waals surface area contributed by atoms with Gasteiger partial charge in [0.15, 0.2) is 5.78 Å². The summed E-state index contributed by atoms with van der Waals surface area (Å²) in [5, 5.41) is 0. The predicted molar refractivity (Wildman–Crippen MR) is 73.1 cm³/mol. The highest BCUT2D eigenvalue weighted by Gasteiger charge is 2.08. The van der Waals surface area contributed by atoms with Gasteiger partial charge in [0, 0.05) is 11.5 Å². The Balaban J connectivity index is 2.71. The van der Waals surface area contributed by atoms with Crippen molar-refractivity contribution in [2.24, 2.45) is 5.92 Å². The van der Waals surface area contributed by atoms with E-state index in [2.05, 4.69) is 24.8 Å². The van der Waals surface area contributed by atoms with Gasteiger partial charge in [0.1, 0.15) is 0 Å². The highest BCUT2D eigenvalue weighted by Crippen LogP contribution is 2.11. The smallest absolute Gasteiger partial charge is 0.165 e. The summed E-state index contributed by atoms with van der Waals surface area (Å²) in [7, 11) is 0. The summed E-state index contributed by atoms with van der Waals surface area (Å²) >= 11 is 4.14. The van der Waals surface area contributed by atoms with E-state index < -0.39 is 0 Å². The van der Waals surface area contributed by atoms with Crippen LogP contribution in [0.3, 0.4) is 0 Å². The van der Waals surface area contributed by atoms with E-state index in [-0.39, 0.29) is 11.7 Å². The summed E-state index contributed by atoms with van der Waals surface area (Å²) < 4.78 is 0. The van der Waals surface area contributed by atoms with E-state index in [1.54, 1.807) is 0 Å². The molecule has 0 aliphatic heterocycles. The number of carbonyl (C=O) groups excluding carboxylic acids is 1. The van der Waals surface area contributed by atoms with E-state index in [1.165, 1.54) is 0 Å². The number of allylic oxidation sites excluding steroid dienone is 1. The molecule has 1 rings (SSSR count). The number of thiol groups is 1. The molecule has 0 bridgehead atoms. The minimum Gasteiger partial charge on any atom is -0.294 e. The lowest BCUT2D eigenvalue weighted by atomic mass is 10.00. The number of Topliss-reactive ketones (excluding diaryl/α,β-unsaturated/α-hetero) is 1. The van der Waals surface area contributed by atoms with Crippen molar-refractivity contribution in [1.82, 2.24) is 0 Å². The summed E-state index contributed by atoms with van der Waals surface area (Å²) in [6.45, 7) is 3.84. The van der Waals surface area contributed by atoms with Gasteiger partial charge in [-0.2, -0.15) is 12.6 Å². The first-order chi connectivity index (χ1) is 7.65. The van der Waals surface area contributed by atoms with Gasteiger partial charge in [-0.25, -0.2) is 0 Å². The minimum atomic E-state index is 0.0607. The monoisotopic (exact) mass is 234 g/mol. The van der Waals surface area contributed by atoms with Crippen LogP contribution in [0.4, 0.5) is 0 Å². The molecule has 0 fully saturated rings. The lowest BCUT2D eigenvalue weighted by Crippen LogP contribution is -2.06. The molecule has 0 N–H and O–H groups in total. The second kappa shape index (κ2) is 6.54. The molecule has 1 nitrogen and oxygen atoms in total. The quantitative estimate of drug-likeness (QED) is 0.605. The largest absolute Gasteiger partial charge is 0.294 e. The molecule has 0 aromatic heterocycles. The molecular weight excluding hydrogens is 216 g/mol. The van der Waals surface area contributed by atoms with Crippen LogP contribution in [0.15, 0.2) is 30.3 Å². The number of benzene rings is 1. The molecule has 0 aliphatic rings. The number of carbonyl (C=O) groups is 1. The van der Waals surface area contributed by atoms with Gasteiger partial charge in [-0.1, -0.05) is 50.3 Å². The Hall–Kier alpha value is -1.02. The van der Waals surface area contributed by atoms with Gasteiger partial charge in [0.05, 0.1) is 0 Å². The maximum atomic E-state index is 11.7. The van der Waals surface area contributed by atoms with Crippen LogP contribution in [0.2, 0.25) is 0 Å². The zero-order valence-electron chi connectivity index (χ0n) is 9.81. The zero-order chi connectivity index (χ0) is 12.0. The normalized spacial score (nSPS) is 11.2. The molecule has 0 atom stereocenters. The molecule has 16 heavy (non-hydrogen) atoms. The third-order valence-corrected chi connectivity index (χ3v) is 2.58. The van der Waals surface area contributed by atoms with Gasteiger partial charge in [0.2, 0.25) is 0 Å². The van der Waals surface area contributed by atoms with E-state index in [1.807, 2.05) is 38.1 Å². The fourth-order valence-corrected chi connectivity index (χ4v) is 1.53. The van der Waals surface area contributed by atoms with Crippen LogP contribution in [0.5, 0.6) is 0 Å². The van der Waals surface area contributed by atoms with Crippen molar-refractivity contribution >= 4 is 24.5 Å². The van der Waals surface area contributed by atoms with Crippen LogP contribution >= 0.6 is 12.6 Å². The maximum absolute atomic E-state index is 11.7. The Bertz CT molecular complexity index is 363. The van der Waals surface area contributed by atoms with E-state index in [0.717, 1.165) is 23.3 Å². The molecule has 0 unspecified atom stereocenters. The van der Waals surface area contributed by atoms with Crippen LogP contribution in [-0.2, 0) is 0 Å². The molecule has 1 aromatic rings. The third kappa shape index (κ3) is 3.86. The van der Waals surface area contributed by atoms with Crippen molar-refractivity contribution in [2.45, 2.75) is 20.3 Å². The fraction of sp³-hybridized carbons (Fsp3) is 0.357. The molecule has 1 aromatic carbocycles. The van der Waals surface area contributed by atoms with Crippen molar-refractivity contribution < 1.29 is 4.79 Å². The van der Waals surface area contributed by atoms with Crippen molar-refractivity contribution in [3.63, 3.8) is 0 Å². The van der Waals surface area contributed by atoms with Gasteiger partial charge in [-0.15, -0.1) is 0 Å². The second-order valence-electron chi connectivity index (χ2n) is 4.06. The van der Waals surface area contributed by atoms with Gasteiger partial charge < -0.3 is 0 Å². The summed E-state index contributed by atoms with van der Waals surface area (Å²) in [4.78, 5) is 11.7. The molecule has 0 spiro atoms. The van der Waals surface area contributed by atoms with Crippen LogP contribution in [0.1, 0.15) is 36.2 Å². The summed E-state index contributed by atoms with van der Waals surface area (Å²) in [6, 6.07) is 7.74. The van der Waals surface area contributed by atoms with Crippen LogP contribution in [0, 0.1) is 5.92 Å². The minimum absolute atomic E-state index is 0.0607. The predicted octanol–water partition coefficient (Wildman–Crippen LogP) is 3.86. The molecule has 0 aliphatic carbocycles. The molecule has 0 saturated carbocycles. The Kier molecular flexibility index (Phi) is 5.33. The van der Waals surface area contributed by atoms with E-state index in [9.17, 15) is 4.79 Å². The van der Waals surface area contributed by atoms with Gasteiger partial charge in [-0.05, 0) is 17.7 Å². The topological polar surface area (TPSA) is 17.1 Å². The lowest BCUT2D eigenvalue weighted by molar-refractivity contribution is 0.0939. The van der Waals surface area contributed by atoms with Crippen LogP contribution < -0.4 is 0 Å². The zero-order valence-corrected chi connectivity index (χ0v) is 10.7. The van der Waals surface area contributed by atoms with E-state index >= 15 is 0 Å². The standard InChI is InChI=1S/C14H18OS/c1-11(2)14(15)13-8-6-12(7-9-13)5-3-4-10-16/h3,5-9,11,16H,4,10H2,1-2H3. The number of rotatable bonds is 5. The second-order valence-corrected chi connectivity index (χ2v) is 4.50. The highest BCUT2D eigenvalue weighted by molar-refractivity contribution is 7.80. The average Bonchev–Trinajstić information content (AvgIpc) is 2.29. The van der Waals surface area contributed by atoms with Crippen molar-refractivity contribution in [3.8, 4) is 0 Å². The molecule has 86 valence electrons. The SMILES string of the molecule is CC(C)C(=O)c1ccc(C=CCCS)cc1. The van der Waals surface area contributed by atoms with E-state index in [4.69, 9.17) is 0 Å². The summed E-state index contributed by atoms with van der Waals surface area (Å²) in [6.07, 6.45) is 5.11. The first-order valence-electron chi connectivity index (χ1n) is 5.57. The van der Waals surface area contributed by atoms with Gasteiger partial charge >= 0.3 is 0 Å². The molecule has 0 heterocycles. The highest BCUT2D eigenvalue weighted by atomic mass is 32.1. The van der Waals surface area contributed by atoms with Crippen LogP contribution in [-0.4, -0.2) is 11.5 Å². The molecule has 0 radical (unpaired) electrons. The third-order valence-electron chi connectivity index (χ3n) is 2.33. The van der Waals surface area contributed by atoms with Crippen LogP contribution in [0.25, 0.3) is 6.08 Å². The van der Waals surface area contributed by atoms with Gasteiger partial charge in [0.25, 0.3) is 0 Å². The van der Waals surface area contributed by atoms with Crippen molar-refractivity contribution in [2.75, 3.05) is 5.75 Å². The Morgan fingerprint density at radius 2 is 1.94 bits per heavy atom. The first kappa shape index (κ1) is 13.0.